The number of rotatable bonds is 10. The van der Waals surface area contributed by atoms with Crippen LogP contribution in [0.2, 0.25) is 0 Å². The van der Waals surface area contributed by atoms with Crippen molar-refractivity contribution in [1.29, 1.82) is 0 Å². The fourth-order valence-corrected chi connectivity index (χ4v) is 2.29. The van der Waals surface area contributed by atoms with Crippen LogP contribution in [0, 0.1) is 17.6 Å². The standard InChI is InChI=1S/C22H28F2N2O2/c1-4-5-12-25-22(28)20(26-21(27)9-7-6-8-16(2)3)11-10-17-13-18(23)15-19(24)14-17/h4-5,7,9-11,13-16,20H,6,8,12H2,1-3H3,(H,25,28)(H,26,27)/b5-4+,9-7+,11-10+. The molecular formula is C22H28F2N2O2. The minimum Gasteiger partial charge on any atom is -0.351 e. The minimum atomic E-state index is -0.973. The highest BCUT2D eigenvalue weighted by Gasteiger charge is 2.16. The largest absolute Gasteiger partial charge is 0.351 e. The number of allylic oxidation sites excluding steroid dienone is 2. The quantitative estimate of drug-likeness (QED) is 0.466. The third-order valence-corrected chi connectivity index (χ3v) is 3.76. The van der Waals surface area contributed by atoms with E-state index in [1.165, 1.54) is 18.2 Å². The summed E-state index contributed by atoms with van der Waals surface area (Å²) in [5.74, 6) is -1.73. The van der Waals surface area contributed by atoms with Crippen molar-refractivity contribution < 1.29 is 18.4 Å². The molecule has 0 fully saturated rings. The summed E-state index contributed by atoms with van der Waals surface area (Å²) in [7, 11) is 0. The van der Waals surface area contributed by atoms with E-state index in [-0.39, 0.29) is 5.56 Å². The summed E-state index contributed by atoms with van der Waals surface area (Å²) >= 11 is 0. The second kappa shape index (κ2) is 12.6. The molecule has 28 heavy (non-hydrogen) atoms. The molecule has 1 rings (SSSR count). The van der Waals surface area contributed by atoms with Crippen LogP contribution in [0.25, 0.3) is 6.08 Å². The Labute approximate surface area is 165 Å². The molecule has 2 N–H and O–H groups in total. The van der Waals surface area contributed by atoms with Crippen LogP contribution in [0.4, 0.5) is 8.78 Å². The molecule has 0 radical (unpaired) electrons. The first-order valence-corrected chi connectivity index (χ1v) is 9.32. The zero-order chi connectivity index (χ0) is 20.9. The van der Waals surface area contributed by atoms with Crippen LogP contribution in [0.15, 0.2) is 48.6 Å². The summed E-state index contributed by atoms with van der Waals surface area (Å²) in [6.45, 7) is 6.33. The van der Waals surface area contributed by atoms with Crippen LogP contribution in [-0.2, 0) is 9.59 Å². The first-order valence-electron chi connectivity index (χ1n) is 9.32. The number of benzene rings is 1. The summed E-state index contributed by atoms with van der Waals surface area (Å²) in [5, 5.41) is 5.26. The average molecular weight is 390 g/mol. The molecule has 1 aromatic carbocycles. The number of hydrogen-bond donors (Lipinski definition) is 2. The van der Waals surface area contributed by atoms with Crippen molar-refractivity contribution in [2.24, 2.45) is 5.92 Å². The molecule has 1 aromatic rings. The fourth-order valence-electron chi connectivity index (χ4n) is 2.29. The van der Waals surface area contributed by atoms with Crippen LogP contribution in [0.5, 0.6) is 0 Å². The second-order valence-corrected chi connectivity index (χ2v) is 6.74. The van der Waals surface area contributed by atoms with Crippen molar-refractivity contribution in [3.05, 3.63) is 65.8 Å². The summed E-state index contributed by atoms with van der Waals surface area (Å²) in [4.78, 5) is 24.5. The lowest BCUT2D eigenvalue weighted by atomic mass is 10.1. The van der Waals surface area contributed by atoms with Gasteiger partial charge in [-0.05, 0) is 49.5 Å². The Balaban J connectivity index is 2.84. The van der Waals surface area contributed by atoms with Gasteiger partial charge in [0.15, 0.2) is 0 Å². The lowest BCUT2D eigenvalue weighted by Gasteiger charge is -2.13. The normalized spacial score (nSPS) is 12.9. The Morgan fingerprint density at radius 3 is 2.39 bits per heavy atom. The van der Waals surface area contributed by atoms with Crippen molar-refractivity contribution >= 4 is 17.9 Å². The van der Waals surface area contributed by atoms with Gasteiger partial charge in [0.2, 0.25) is 11.8 Å². The van der Waals surface area contributed by atoms with Gasteiger partial charge in [-0.2, -0.15) is 0 Å². The number of amides is 2. The lowest BCUT2D eigenvalue weighted by Crippen LogP contribution is -2.45. The van der Waals surface area contributed by atoms with Crippen LogP contribution < -0.4 is 10.6 Å². The Morgan fingerprint density at radius 2 is 1.79 bits per heavy atom. The SMILES string of the molecule is C/C=C/CNC(=O)C(/C=C/c1cc(F)cc(F)c1)NC(=O)/C=C/CCC(C)C. The molecule has 0 bridgehead atoms. The van der Waals surface area contributed by atoms with E-state index in [1.807, 2.05) is 6.92 Å². The van der Waals surface area contributed by atoms with Gasteiger partial charge in [0, 0.05) is 12.6 Å². The molecule has 0 aliphatic carbocycles. The predicted octanol–water partition coefficient (Wildman–Crippen LogP) is 4.15. The Bertz CT molecular complexity index is 720. The van der Waals surface area contributed by atoms with Crippen LogP contribution >= 0.6 is 0 Å². The zero-order valence-corrected chi connectivity index (χ0v) is 16.5. The molecule has 0 heterocycles. The first-order chi connectivity index (χ1) is 13.3. The Hall–Kier alpha value is -2.76. The molecule has 6 heteroatoms. The lowest BCUT2D eigenvalue weighted by molar-refractivity contribution is -0.125. The van der Waals surface area contributed by atoms with E-state index in [0.717, 1.165) is 31.0 Å². The third kappa shape index (κ3) is 9.80. The number of halogens is 2. The van der Waals surface area contributed by atoms with E-state index in [0.29, 0.717) is 12.5 Å². The van der Waals surface area contributed by atoms with Crippen LogP contribution in [0.1, 0.15) is 39.2 Å². The van der Waals surface area contributed by atoms with Gasteiger partial charge in [0.1, 0.15) is 17.7 Å². The molecule has 0 saturated carbocycles. The van der Waals surface area contributed by atoms with Gasteiger partial charge in [-0.25, -0.2) is 8.78 Å². The monoisotopic (exact) mass is 390 g/mol. The van der Waals surface area contributed by atoms with E-state index in [4.69, 9.17) is 0 Å². The maximum atomic E-state index is 13.3. The van der Waals surface area contributed by atoms with Crippen LogP contribution in [0.3, 0.4) is 0 Å². The highest BCUT2D eigenvalue weighted by molar-refractivity contribution is 5.94. The van der Waals surface area contributed by atoms with E-state index < -0.39 is 29.5 Å². The predicted molar refractivity (Wildman–Crippen MR) is 108 cm³/mol. The molecule has 1 atom stereocenters. The molecular weight excluding hydrogens is 362 g/mol. The van der Waals surface area contributed by atoms with Gasteiger partial charge in [-0.15, -0.1) is 0 Å². The van der Waals surface area contributed by atoms with Crippen molar-refractivity contribution in [3.63, 3.8) is 0 Å². The summed E-state index contributed by atoms with van der Waals surface area (Å²) in [5.41, 5.74) is 0.255. The first kappa shape index (κ1) is 23.3. The molecule has 0 aromatic heterocycles. The molecule has 152 valence electrons. The van der Waals surface area contributed by atoms with Crippen LogP contribution in [-0.4, -0.2) is 24.4 Å². The summed E-state index contributed by atoms with van der Waals surface area (Å²) in [6, 6.07) is 2.07. The average Bonchev–Trinajstić information content (AvgIpc) is 2.61. The van der Waals surface area contributed by atoms with Crippen molar-refractivity contribution in [3.8, 4) is 0 Å². The number of nitrogens with one attached hydrogen (secondary N) is 2. The van der Waals surface area contributed by atoms with E-state index >= 15 is 0 Å². The van der Waals surface area contributed by atoms with E-state index in [2.05, 4.69) is 24.5 Å². The Kier molecular flexibility index (Phi) is 10.5. The number of carbonyl (C=O) groups is 2. The summed E-state index contributed by atoms with van der Waals surface area (Å²) < 4.78 is 26.6. The van der Waals surface area contributed by atoms with Gasteiger partial charge >= 0.3 is 0 Å². The van der Waals surface area contributed by atoms with Gasteiger partial charge in [0.25, 0.3) is 0 Å². The molecule has 0 aliphatic rings. The van der Waals surface area contributed by atoms with E-state index in [1.54, 1.807) is 18.2 Å². The molecule has 0 aliphatic heterocycles. The zero-order valence-electron chi connectivity index (χ0n) is 16.5. The number of hydrogen-bond acceptors (Lipinski definition) is 2. The molecule has 0 saturated heterocycles. The Morgan fingerprint density at radius 1 is 1.11 bits per heavy atom. The topological polar surface area (TPSA) is 58.2 Å². The highest BCUT2D eigenvalue weighted by Crippen LogP contribution is 2.10. The molecule has 2 amide bonds. The van der Waals surface area contributed by atoms with Crippen molar-refractivity contribution in [2.45, 2.75) is 39.7 Å². The van der Waals surface area contributed by atoms with Gasteiger partial charge in [-0.3, -0.25) is 9.59 Å². The third-order valence-electron chi connectivity index (χ3n) is 3.76. The number of carbonyl (C=O) groups excluding carboxylic acids is 2. The van der Waals surface area contributed by atoms with Gasteiger partial charge in [-0.1, -0.05) is 44.2 Å². The van der Waals surface area contributed by atoms with Gasteiger partial charge < -0.3 is 10.6 Å². The maximum absolute atomic E-state index is 13.3. The minimum absolute atomic E-state index is 0.255. The van der Waals surface area contributed by atoms with Crippen molar-refractivity contribution in [2.75, 3.05) is 6.54 Å². The van der Waals surface area contributed by atoms with Crippen molar-refractivity contribution in [1.82, 2.24) is 10.6 Å². The highest BCUT2D eigenvalue weighted by atomic mass is 19.1. The molecule has 0 spiro atoms. The molecule has 4 nitrogen and oxygen atoms in total. The van der Waals surface area contributed by atoms with Gasteiger partial charge in [0.05, 0.1) is 0 Å². The smallest absolute Gasteiger partial charge is 0.246 e. The van der Waals surface area contributed by atoms with E-state index in [9.17, 15) is 18.4 Å². The fraction of sp³-hybridized carbons (Fsp3) is 0.364. The maximum Gasteiger partial charge on any atom is 0.246 e. The summed E-state index contributed by atoms with van der Waals surface area (Å²) in [6.07, 6.45) is 11.2. The second-order valence-electron chi connectivity index (χ2n) is 6.74. The molecule has 1 unspecified atom stereocenters.